The molecule has 0 spiro atoms. The van der Waals surface area contributed by atoms with Crippen LogP contribution in [0.5, 0.6) is 0 Å². The number of hydrogen-bond donors (Lipinski definition) is 2. The predicted octanol–water partition coefficient (Wildman–Crippen LogP) is 1.56. The summed E-state index contributed by atoms with van der Waals surface area (Å²) in [5.74, 6) is -0.189. The maximum Gasteiger partial charge on any atom is 0.235 e. The third kappa shape index (κ3) is 2.60. The summed E-state index contributed by atoms with van der Waals surface area (Å²) >= 11 is 0. The largest absolute Gasteiger partial charge is 0.317 e. The van der Waals surface area contributed by atoms with Crippen LogP contribution in [0.25, 0.3) is 10.9 Å². The predicted molar refractivity (Wildman–Crippen MR) is 90.7 cm³/mol. The average molecular weight is 326 g/mol. The molecule has 4 rings (SSSR count). The molecule has 6 heteroatoms. The molecule has 2 aliphatic heterocycles. The zero-order valence-corrected chi connectivity index (χ0v) is 13.8. The summed E-state index contributed by atoms with van der Waals surface area (Å²) in [4.78, 5) is 23.7. The van der Waals surface area contributed by atoms with Crippen molar-refractivity contribution in [2.45, 2.75) is 37.5 Å². The van der Waals surface area contributed by atoms with Crippen molar-refractivity contribution in [3.05, 3.63) is 29.5 Å². The lowest BCUT2D eigenvalue weighted by Gasteiger charge is -2.23. The Balaban J connectivity index is 1.75. The van der Waals surface area contributed by atoms with Gasteiger partial charge in [0, 0.05) is 18.9 Å². The number of piperidine rings is 2. The van der Waals surface area contributed by atoms with Gasteiger partial charge in [-0.05, 0) is 56.0 Å². The smallest absolute Gasteiger partial charge is 0.235 e. The molecule has 2 saturated heterocycles. The summed E-state index contributed by atoms with van der Waals surface area (Å²) in [6.07, 6.45) is 3.19. The van der Waals surface area contributed by atoms with Crippen LogP contribution in [0.1, 0.15) is 48.8 Å². The lowest BCUT2D eigenvalue weighted by atomic mass is 9.88. The lowest BCUT2D eigenvalue weighted by molar-refractivity contribution is -0.134. The summed E-state index contributed by atoms with van der Waals surface area (Å²) < 4.78 is 1.83. The second kappa shape index (κ2) is 6.02. The van der Waals surface area contributed by atoms with Crippen molar-refractivity contribution in [1.29, 1.82) is 0 Å². The van der Waals surface area contributed by atoms with Gasteiger partial charge in [0.25, 0.3) is 0 Å². The molecule has 2 N–H and O–H groups in total. The van der Waals surface area contributed by atoms with Gasteiger partial charge in [0.1, 0.15) is 0 Å². The highest BCUT2D eigenvalue weighted by Gasteiger charge is 2.31. The molecule has 0 radical (unpaired) electrons. The van der Waals surface area contributed by atoms with Gasteiger partial charge in [0.05, 0.1) is 17.1 Å². The van der Waals surface area contributed by atoms with Gasteiger partial charge >= 0.3 is 0 Å². The molecule has 3 heterocycles. The lowest BCUT2D eigenvalue weighted by Crippen LogP contribution is -2.39. The highest BCUT2D eigenvalue weighted by atomic mass is 16.2. The van der Waals surface area contributed by atoms with Gasteiger partial charge < -0.3 is 5.32 Å². The van der Waals surface area contributed by atoms with Gasteiger partial charge in [-0.1, -0.05) is 6.07 Å². The summed E-state index contributed by atoms with van der Waals surface area (Å²) in [6, 6.07) is 6.50. The molecule has 2 aliphatic rings. The van der Waals surface area contributed by atoms with Gasteiger partial charge in [0.15, 0.2) is 0 Å². The van der Waals surface area contributed by atoms with Crippen LogP contribution in [-0.2, 0) is 16.6 Å². The van der Waals surface area contributed by atoms with Crippen LogP contribution in [0.3, 0.4) is 0 Å². The highest BCUT2D eigenvalue weighted by Crippen LogP contribution is 2.33. The Hall–Kier alpha value is -2.21. The molecule has 1 aromatic heterocycles. The number of hydrogen-bond acceptors (Lipinski definition) is 4. The summed E-state index contributed by atoms with van der Waals surface area (Å²) in [5, 5.41) is 11.5. The van der Waals surface area contributed by atoms with E-state index in [0.717, 1.165) is 42.5 Å². The second-order valence-electron chi connectivity index (χ2n) is 6.81. The van der Waals surface area contributed by atoms with Crippen molar-refractivity contribution in [3.63, 3.8) is 0 Å². The number of amides is 2. The topological polar surface area (TPSA) is 76.0 Å². The fourth-order valence-corrected chi connectivity index (χ4v) is 3.93. The number of aromatic nitrogens is 2. The Kier molecular flexibility index (Phi) is 3.84. The van der Waals surface area contributed by atoms with Crippen molar-refractivity contribution >= 4 is 22.7 Å². The number of nitrogens with zero attached hydrogens (tertiary/aromatic N) is 2. The number of aryl methyl sites for hydroxylation is 1. The number of nitrogens with one attached hydrogen (secondary N) is 2. The first kappa shape index (κ1) is 15.3. The third-order valence-corrected chi connectivity index (χ3v) is 5.28. The average Bonchev–Trinajstić information content (AvgIpc) is 2.92. The van der Waals surface area contributed by atoms with Crippen LogP contribution >= 0.6 is 0 Å². The van der Waals surface area contributed by atoms with Crippen LogP contribution in [0.15, 0.2) is 18.2 Å². The van der Waals surface area contributed by atoms with Crippen molar-refractivity contribution in [3.8, 4) is 0 Å². The first-order valence-electron chi connectivity index (χ1n) is 8.64. The molecular weight excluding hydrogens is 304 g/mol. The molecule has 2 fully saturated rings. The van der Waals surface area contributed by atoms with Gasteiger partial charge in [-0.3, -0.25) is 19.6 Å². The van der Waals surface area contributed by atoms with Gasteiger partial charge in [-0.25, -0.2) is 0 Å². The number of carbonyl (C=O) groups excluding carboxylic acids is 2. The fraction of sp³-hybridized carbons (Fsp3) is 0.500. The minimum absolute atomic E-state index is 0.188. The quantitative estimate of drug-likeness (QED) is 0.821. The molecule has 0 bridgehead atoms. The highest BCUT2D eigenvalue weighted by molar-refractivity contribution is 6.02. The van der Waals surface area contributed by atoms with Crippen molar-refractivity contribution in [2.24, 2.45) is 7.05 Å². The maximum absolute atomic E-state index is 12.3. The molecule has 2 amide bonds. The van der Waals surface area contributed by atoms with E-state index in [-0.39, 0.29) is 17.7 Å². The molecule has 1 unspecified atom stereocenters. The second-order valence-corrected chi connectivity index (χ2v) is 6.81. The van der Waals surface area contributed by atoms with E-state index in [1.807, 2.05) is 11.7 Å². The third-order valence-electron chi connectivity index (χ3n) is 5.28. The van der Waals surface area contributed by atoms with E-state index < -0.39 is 0 Å². The number of carbonyl (C=O) groups is 2. The minimum atomic E-state index is -0.338. The van der Waals surface area contributed by atoms with Crippen molar-refractivity contribution in [2.75, 3.05) is 13.1 Å². The Morgan fingerprint density at radius 1 is 1.17 bits per heavy atom. The number of imide groups is 1. The van der Waals surface area contributed by atoms with Gasteiger partial charge in [-0.2, -0.15) is 5.10 Å². The number of rotatable bonds is 2. The first-order valence-corrected chi connectivity index (χ1v) is 8.64. The molecular formula is C18H22N4O2. The van der Waals surface area contributed by atoms with Crippen LogP contribution in [0.2, 0.25) is 0 Å². The van der Waals surface area contributed by atoms with E-state index in [1.54, 1.807) is 0 Å². The SMILES string of the molecule is Cn1nc(C2CCC(=O)NC2=O)c2cc(C3CCNCC3)ccc21. The van der Waals surface area contributed by atoms with Gasteiger partial charge in [-0.15, -0.1) is 0 Å². The zero-order chi connectivity index (χ0) is 16.7. The van der Waals surface area contributed by atoms with E-state index in [1.165, 1.54) is 5.56 Å². The van der Waals surface area contributed by atoms with E-state index in [2.05, 4.69) is 33.9 Å². The molecule has 1 aromatic carbocycles. The Labute approximate surface area is 140 Å². The molecule has 0 aliphatic carbocycles. The molecule has 126 valence electrons. The van der Waals surface area contributed by atoms with Crippen LogP contribution in [-0.4, -0.2) is 34.7 Å². The monoisotopic (exact) mass is 326 g/mol. The first-order chi connectivity index (χ1) is 11.6. The van der Waals surface area contributed by atoms with Gasteiger partial charge in [0.2, 0.25) is 11.8 Å². The summed E-state index contributed by atoms with van der Waals surface area (Å²) in [6.45, 7) is 2.10. The zero-order valence-electron chi connectivity index (χ0n) is 13.8. The van der Waals surface area contributed by atoms with E-state index in [9.17, 15) is 9.59 Å². The number of fused-ring (bicyclic) bond motifs is 1. The van der Waals surface area contributed by atoms with Crippen molar-refractivity contribution in [1.82, 2.24) is 20.4 Å². The van der Waals surface area contributed by atoms with Crippen LogP contribution < -0.4 is 10.6 Å². The van der Waals surface area contributed by atoms with E-state index in [0.29, 0.717) is 18.8 Å². The Morgan fingerprint density at radius 2 is 1.96 bits per heavy atom. The van der Waals surface area contributed by atoms with Crippen molar-refractivity contribution < 1.29 is 9.59 Å². The molecule has 1 atom stereocenters. The summed E-state index contributed by atoms with van der Waals surface area (Å²) in [5.41, 5.74) is 3.16. The fourth-order valence-electron chi connectivity index (χ4n) is 3.93. The standard InChI is InChI=1S/C18H22N4O2/c1-22-15-4-2-12(11-6-8-19-9-7-11)10-14(15)17(21-22)13-3-5-16(23)20-18(13)24/h2,4,10-11,13,19H,3,5-9H2,1H3,(H,20,23,24). The van der Waals surface area contributed by atoms with Crippen LogP contribution in [0.4, 0.5) is 0 Å². The Morgan fingerprint density at radius 3 is 2.71 bits per heavy atom. The van der Waals surface area contributed by atoms with Crippen LogP contribution in [0, 0.1) is 0 Å². The Bertz CT molecular complexity index is 805. The molecule has 2 aromatic rings. The summed E-state index contributed by atoms with van der Waals surface area (Å²) in [7, 11) is 1.90. The molecule has 0 saturated carbocycles. The van der Waals surface area contributed by atoms with E-state index >= 15 is 0 Å². The minimum Gasteiger partial charge on any atom is -0.317 e. The number of benzene rings is 1. The normalized spacial score (nSPS) is 22.8. The van der Waals surface area contributed by atoms with E-state index in [4.69, 9.17) is 0 Å². The molecule has 24 heavy (non-hydrogen) atoms. The molecule has 6 nitrogen and oxygen atoms in total. The maximum atomic E-state index is 12.3.